The second-order valence-electron chi connectivity index (χ2n) is 4.28. The summed E-state index contributed by atoms with van der Waals surface area (Å²) < 4.78 is 0. The van der Waals surface area contributed by atoms with Crippen LogP contribution in [0.1, 0.15) is 25.5 Å². The van der Waals surface area contributed by atoms with E-state index in [1.807, 2.05) is 13.8 Å². The lowest BCUT2D eigenvalue weighted by Gasteiger charge is -2.16. The third-order valence-corrected chi connectivity index (χ3v) is 2.58. The monoisotopic (exact) mass is 257 g/mol. The van der Waals surface area contributed by atoms with E-state index in [4.69, 9.17) is 16.7 Å². The molecule has 0 heterocycles. The number of carbonyl (C=O) groups is 1. The van der Waals surface area contributed by atoms with Crippen molar-refractivity contribution in [1.29, 1.82) is 0 Å². The van der Waals surface area contributed by atoms with Crippen LogP contribution < -0.4 is 5.32 Å². The zero-order valence-corrected chi connectivity index (χ0v) is 10.5. The molecule has 1 atom stereocenters. The van der Waals surface area contributed by atoms with Crippen molar-refractivity contribution in [3.63, 3.8) is 0 Å². The molecule has 0 aliphatic heterocycles. The van der Waals surface area contributed by atoms with Crippen molar-refractivity contribution in [3.8, 4) is 5.75 Å². The highest BCUT2D eigenvalue weighted by Crippen LogP contribution is 2.26. The molecule has 0 fully saturated rings. The molecule has 1 rings (SSSR count). The largest absolute Gasteiger partial charge is 0.506 e. The van der Waals surface area contributed by atoms with E-state index in [0.29, 0.717) is 18.0 Å². The fourth-order valence-electron chi connectivity index (χ4n) is 1.40. The Kier molecular flexibility index (Phi) is 4.78. The maximum Gasteiger partial charge on any atom is 0.325 e. The van der Waals surface area contributed by atoms with Crippen LogP contribution in [-0.2, 0) is 4.79 Å². The third kappa shape index (κ3) is 3.91. The molecule has 0 bridgehead atoms. The Labute approximate surface area is 105 Å². The van der Waals surface area contributed by atoms with Crippen molar-refractivity contribution in [2.75, 3.05) is 6.54 Å². The van der Waals surface area contributed by atoms with Crippen LogP contribution in [0.3, 0.4) is 0 Å². The van der Waals surface area contributed by atoms with E-state index in [-0.39, 0.29) is 10.8 Å². The van der Waals surface area contributed by atoms with Gasteiger partial charge in [0.15, 0.2) is 0 Å². The van der Waals surface area contributed by atoms with Gasteiger partial charge in [0.25, 0.3) is 0 Å². The molecule has 0 aliphatic rings. The molecule has 0 aliphatic carbocycles. The molecule has 5 heteroatoms. The molecule has 1 aromatic carbocycles. The van der Waals surface area contributed by atoms with Crippen LogP contribution >= 0.6 is 11.6 Å². The van der Waals surface area contributed by atoms with Crippen LogP contribution in [0, 0.1) is 5.92 Å². The van der Waals surface area contributed by atoms with E-state index in [2.05, 4.69) is 5.32 Å². The molecule has 1 unspecified atom stereocenters. The number of phenolic OH excluding ortho intramolecular Hbond substituents is 1. The summed E-state index contributed by atoms with van der Waals surface area (Å²) in [6.45, 7) is 4.58. The molecule has 0 aromatic heterocycles. The first-order chi connectivity index (χ1) is 7.91. The van der Waals surface area contributed by atoms with Gasteiger partial charge in [0.1, 0.15) is 11.8 Å². The van der Waals surface area contributed by atoms with Gasteiger partial charge in [0.2, 0.25) is 0 Å². The fourth-order valence-corrected chi connectivity index (χ4v) is 1.59. The highest BCUT2D eigenvalue weighted by atomic mass is 35.5. The maximum atomic E-state index is 11.1. The van der Waals surface area contributed by atoms with Gasteiger partial charge in [-0.2, -0.15) is 0 Å². The number of rotatable bonds is 5. The van der Waals surface area contributed by atoms with Crippen molar-refractivity contribution in [1.82, 2.24) is 5.32 Å². The minimum Gasteiger partial charge on any atom is -0.506 e. The zero-order chi connectivity index (χ0) is 13.0. The Bertz CT molecular complexity index is 407. The highest BCUT2D eigenvalue weighted by molar-refractivity contribution is 6.32. The molecular formula is C12H16ClNO3. The summed E-state index contributed by atoms with van der Waals surface area (Å²) >= 11 is 5.75. The van der Waals surface area contributed by atoms with Crippen molar-refractivity contribution in [3.05, 3.63) is 28.8 Å². The van der Waals surface area contributed by atoms with Crippen molar-refractivity contribution >= 4 is 17.6 Å². The van der Waals surface area contributed by atoms with Gasteiger partial charge in [0.05, 0.1) is 5.02 Å². The smallest absolute Gasteiger partial charge is 0.325 e. The maximum absolute atomic E-state index is 11.1. The van der Waals surface area contributed by atoms with Crippen LogP contribution in [0.2, 0.25) is 5.02 Å². The first kappa shape index (κ1) is 13.8. The number of carboxylic acids is 1. The van der Waals surface area contributed by atoms with E-state index in [1.165, 1.54) is 12.1 Å². The number of carboxylic acid groups (broad SMARTS) is 1. The number of nitrogens with one attached hydrogen (secondary N) is 1. The molecule has 3 N–H and O–H groups in total. The van der Waals surface area contributed by atoms with Crippen LogP contribution in [0.4, 0.5) is 0 Å². The van der Waals surface area contributed by atoms with E-state index in [0.717, 1.165) is 0 Å². The number of aromatic hydroxyl groups is 1. The van der Waals surface area contributed by atoms with Gasteiger partial charge in [-0.15, -0.1) is 0 Å². The average molecular weight is 258 g/mol. The van der Waals surface area contributed by atoms with Gasteiger partial charge in [-0.05, 0) is 30.2 Å². The predicted molar refractivity (Wildman–Crippen MR) is 66.3 cm³/mol. The Hall–Kier alpha value is -1.26. The number of benzene rings is 1. The molecule has 0 amide bonds. The molecule has 0 radical (unpaired) electrons. The fraction of sp³-hybridized carbons (Fsp3) is 0.417. The van der Waals surface area contributed by atoms with E-state index in [1.54, 1.807) is 6.07 Å². The summed E-state index contributed by atoms with van der Waals surface area (Å²) in [5.74, 6) is -0.666. The molecule has 0 saturated heterocycles. The quantitative estimate of drug-likeness (QED) is 0.758. The van der Waals surface area contributed by atoms with Crippen LogP contribution in [0.5, 0.6) is 5.75 Å². The molecule has 94 valence electrons. The second kappa shape index (κ2) is 5.89. The minimum atomic E-state index is -0.965. The first-order valence-electron chi connectivity index (χ1n) is 5.36. The number of hydrogen-bond donors (Lipinski definition) is 3. The normalized spacial score (nSPS) is 12.7. The van der Waals surface area contributed by atoms with Crippen LogP contribution in [-0.4, -0.2) is 22.7 Å². The Balaban J connectivity index is 2.89. The second-order valence-corrected chi connectivity index (χ2v) is 4.69. The van der Waals surface area contributed by atoms with Crippen molar-refractivity contribution in [2.45, 2.75) is 19.9 Å². The standard InChI is InChI=1S/C12H16ClNO3/c1-7(2)6-14-11(12(16)17)8-3-4-10(15)9(13)5-8/h3-5,7,11,14-15H,6H2,1-2H3,(H,16,17). The molecule has 0 saturated carbocycles. The summed E-state index contributed by atoms with van der Waals surface area (Å²) in [6.07, 6.45) is 0. The number of hydrogen-bond acceptors (Lipinski definition) is 3. The summed E-state index contributed by atoms with van der Waals surface area (Å²) in [5.41, 5.74) is 0.529. The Morgan fingerprint density at radius 3 is 2.59 bits per heavy atom. The molecule has 17 heavy (non-hydrogen) atoms. The van der Waals surface area contributed by atoms with Crippen LogP contribution in [0.25, 0.3) is 0 Å². The van der Waals surface area contributed by atoms with Crippen molar-refractivity contribution < 1.29 is 15.0 Å². The van der Waals surface area contributed by atoms with E-state index in [9.17, 15) is 9.90 Å². The Morgan fingerprint density at radius 2 is 2.12 bits per heavy atom. The average Bonchev–Trinajstić information content (AvgIpc) is 2.22. The zero-order valence-electron chi connectivity index (χ0n) is 9.77. The van der Waals surface area contributed by atoms with Gasteiger partial charge < -0.3 is 15.5 Å². The molecular weight excluding hydrogens is 242 g/mol. The van der Waals surface area contributed by atoms with Gasteiger partial charge in [-0.1, -0.05) is 31.5 Å². The van der Waals surface area contributed by atoms with Crippen molar-refractivity contribution in [2.24, 2.45) is 5.92 Å². The van der Waals surface area contributed by atoms with Gasteiger partial charge in [-0.25, -0.2) is 0 Å². The lowest BCUT2D eigenvalue weighted by atomic mass is 10.1. The molecule has 4 nitrogen and oxygen atoms in total. The third-order valence-electron chi connectivity index (χ3n) is 2.28. The van der Waals surface area contributed by atoms with Gasteiger partial charge in [0, 0.05) is 0 Å². The number of phenols is 1. The van der Waals surface area contributed by atoms with Gasteiger partial charge in [-0.3, -0.25) is 4.79 Å². The van der Waals surface area contributed by atoms with E-state index < -0.39 is 12.0 Å². The van der Waals surface area contributed by atoms with Gasteiger partial charge >= 0.3 is 5.97 Å². The number of halogens is 1. The van der Waals surface area contributed by atoms with Crippen LogP contribution in [0.15, 0.2) is 18.2 Å². The molecule has 0 spiro atoms. The van der Waals surface area contributed by atoms with E-state index >= 15 is 0 Å². The lowest BCUT2D eigenvalue weighted by Crippen LogP contribution is -2.31. The lowest BCUT2D eigenvalue weighted by molar-refractivity contribution is -0.139. The predicted octanol–water partition coefficient (Wildman–Crippen LogP) is 2.42. The molecule has 1 aromatic rings. The summed E-state index contributed by atoms with van der Waals surface area (Å²) in [5, 5.41) is 21.5. The Morgan fingerprint density at radius 1 is 1.47 bits per heavy atom. The SMILES string of the molecule is CC(C)CNC(C(=O)O)c1ccc(O)c(Cl)c1. The summed E-state index contributed by atoms with van der Waals surface area (Å²) in [4.78, 5) is 11.1. The highest BCUT2D eigenvalue weighted by Gasteiger charge is 2.20. The first-order valence-corrected chi connectivity index (χ1v) is 5.74. The summed E-state index contributed by atoms with van der Waals surface area (Å²) in [7, 11) is 0. The topological polar surface area (TPSA) is 69.6 Å². The summed E-state index contributed by atoms with van der Waals surface area (Å²) in [6, 6.07) is 3.59. The number of aliphatic carboxylic acids is 1. The minimum absolute atomic E-state index is 0.0524.